The molecule has 0 saturated heterocycles. The summed E-state index contributed by atoms with van der Waals surface area (Å²) in [5, 5.41) is 9.06. The molecule has 0 aliphatic carbocycles. The highest BCUT2D eigenvalue weighted by atomic mass is 32.1. The summed E-state index contributed by atoms with van der Waals surface area (Å²) in [4.78, 5) is 25.2. The van der Waals surface area contributed by atoms with Crippen molar-refractivity contribution in [3.05, 3.63) is 69.8 Å². The predicted molar refractivity (Wildman–Crippen MR) is 105 cm³/mol. The molecule has 1 N–H and O–H groups in total. The van der Waals surface area contributed by atoms with Crippen LogP contribution in [0.2, 0.25) is 0 Å². The Labute approximate surface area is 156 Å². The first kappa shape index (κ1) is 18.1. The van der Waals surface area contributed by atoms with Gasteiger partial charge in [-0.2, -0.15) is 5.10 Å². The average molecular weight is 367 g/mol. The van der Waals surface area contributed by atoms with E-state index in [2.05, 4.69) is 17.3 Å². The molecule has 2 heterocycles. The Hall–Kier alpha value is -2.73. The zero-order valence-corrected chi connectivity index (χ0v) is 15.5. The van der Waals surface area contributed by atoms with Gasteiger partial charge in [-0.1, -0.05) is 31.5 Å². The van der Waals surface area contributed by atoms with E-state index in [0.29, 0.717) is 5.69 Å². The number of hydrogen-bond donors (Lipinski definition) is 1. The van der Waals surface area contributed by atoms with Gasteiger partial charge in [0.2, 0.25) is 5.91 Å². The van der Waals surface area contributed by atoms with Crippen molar-refractivity contribution >= 4 is 22.9 Å². The van der Waals surface area contributed by atoms with Crippen LogP contribution in [0.15, 0.2) is 58.7 Å². The first-order valence-electron chi connectivity index (χ1n) is 8.66. The lowest BCUT2D eigenvalue weighted by atomic mass is 10.1. The Balaban J connectivity index is 1.66. The fourth-order valence-corrected chi connectivity index (χ4v) is 3.28. The molecule has 0 aliphatic heterocycles. The van der Waals surface area contributed by atoms with Gasteiger partial charge in [0.25, 0.3) is 5.56 Å². The normalized spacial score (nSPS) is 10.7. The molecule has 26 heavy (non-hydrogen) atoms. The number of hydrogen-bond acceptors (Lipinski definition) is 4. The molecule has 6 heteroatoms. The van der Waals surface area contributed by atoms with E-state index in [-0.39, 0.29) is 18.0 Å². The van der Waals surface area contributed by atoms with Crippen LogP contribution in [0, 0.1) is 0 Å². The Morgan fingerprint density at radius 1 is 1.15 bits per heavy atom. The zero-order chi connectivity index (χ0) is 18.4. The minimum absolute atomic E-state index is 0.115. The van der Waals surface area contributed by atoms with E-state index < -0.39 is 0 Å². The van der Waals surface area contributed by atoms with Crippen molar-refractivity contribution in [1.29, 1.82) is 0 Å². The molecule has 3 aromatic rings. The summed E-state index contributed by atoms with van der Waals surface area (Å²) in [6.45, 7) is 2.05. The van der Waals surface area contributed by atoms with E-state index in [1.807, 2.05) is 41.8 Å². The van der Waals surface area contributed by atoms with Crippen molar-refractivity contribution < 1.29 is 4.79 Å². The van der Waals surface area contributed by atoms with Gasteiger partial charge in [0.1, 0.15) is 12.2 Å². The number of carbonyl (C=O) groups is 1. The summed E-state index contributed by atoms with van der Waals surface area (Å²) >= 11 is 1.54. The second-order valence-electron chi connectivity index (χ2n) is 6.04. The largest absolute Gasteiger partial charge is 0.324 e. The molecule has 0 radical (unpaired) electrons. The molecular formula is C20H21N3O2S. The maximum absolute atomic E-state index is 12.3. The minimum Gasteiger partial charge on any atom is -0.324 e. The molecule has 0 atom stereocenters. The van der Waals surface area contributed by atoms with Crippen LogP contribution in [-0.4, -0.2) is 15.7 Å². The number of benzene rings is 1. The summed E-state index contributed by atoms with van der Waals surface area (Å²) in [6, 6.07) is 14.8. The third-order valence-corrected chi connectivity index (χ3v) is 4.88. The van der Waals surface area contributed by atoms with Crippen LogP contribution >= 0.6 is 11.3 Å². The molecule has 0 unspecified atom stereocenters. The van der Waals surface area contributed by atoms with E-state index >= 15 is 0 Å². The molecule has 1 amide bonds. The number of aromatic nitrogens is 2. The number of amides is 1. The topological polar surface area (TPSA) is 64.0 Å². The predicted octanol–water partition coefficient (Wildman–Crippen LogP) is 3.95. The number of unbranched alkanes of at least 4 members (excludes halogenated alkanes) is 1. The summed E-state index contributed by atoms with van der Waals surface area (Å²) in [7, 11) is 0. The zero-order valence-electron chi connectivity index (χ0n) is 14.6. The summed E-state index contributed by atoms with van der Waals surface area (Å²) in [5.41, 5.74) is 2.37. The first-order chi connectivity index (χ1) is 12.7. The van der Waals surface area contributed by atoms with Crippen LogP contribution in [-0.2, 0) is 17.8 Å². The molecule has 2 aromatic heterocycles. The van der Waals surface area contributed by atoms with Gasteiger partial charge in [-0.3, -0.25) is 9.59 Å². The SMILES string of the molecule is CCCCc1ccc(NC(=O)Cn2nc(-c3cccs3)ccc2=O)cc1. The maximum Gasteiger partial charge on any atom is 0.267 e. The first-order valence-corrected chi connectivity index (χ1v) is 9.54. The summed E-state index contributed by atoms with van der Waals surface area (Å²) in [6.07, 6.45) is 3.35. The monoisotopic (exact) mass is 367 g/mol. The molecule has 0 saturated carbocycles. The summed E-state index contributed by atoms with van der Waals surface area (Å²) in [5.74, 6) is -0.274. The third-order valence-electron chi connectivity index (χ3n) is 3.99. The molecule has 134 valence electrons. The van der Waals surface area contributed by atoms with Crippen molar-refractivity contribution in [1.82, 2.24) is 9.78 Å². The molecule has 0 aliphatic rings. The summed E-state index contributed by atoms with van der Waals surface area (Å²) < 4.78 is 1.19. The lowest BCUT2D eigenvalue weighted by Gasteiger charge is -2.08. The maximum atomic E-state index is 12.3. The Morgan fingerprint density at radius 3 is 2.65 bits per heavy atom. The van der Waals surface area contributed by atoms with Gasteiger partial charge in [0.15, 0.2) is 0 Å². The van der Waals surface area contributed by atoms with Crippen LogP contribution in [0.5, 0.6) is 0 Å². The highest BCUT2D eigenvalue weighted by Gasteiger charge is 2.09. The van der Waals surface area contributed by atoms with Crippen molar-refractivity contribution in [3.8, 4) is 10.6 Å². The number of aryl methyl sites for hydroxylation is 1. The van der Waals surface area contributed by atoms with Crippen LogP contribution in [0.4, 0.5) is 5.69 Å². The van der Waals surface area contributed by atoms with Crippen LogP contribution in [0.1, 0.15) is 25.3 Å². The highest BCUT2D eigenvalue weighted by molar-refractivity contribution is 7.13. The fourth-order valence-electron chi connectivity index (χ4n) is 2.59. The Bertz CT molecular complexity index is 915. The second kappa shape index (κ2) is 8.58. The van der Waals surface area contributed by atoms with Gasteiger partial charge in [-0.15, -0.1) is 11.3 Å². The number of carbonyl (C=O) groups excluding carboxylic acids is 1. The van der Waals surface area contributed by atoms with E-state index in [1.54, 1.807) is 17.4 Å². The molecule has 0 fully saturated rings. The van der Waals surface area contributed by atoms with E-state index in [0.717, 1.165) is 29.8 Å². The van der Waals surface area contributed by atoms with Crippen LogP contribution in [0.3, 0.4) is 0 Å². The van der Waals surface area contributed by atoms with E-state index in [4.69, 9.17) is 0 Å². The molecule has 0 bridgehead atoms. The number of thiophene rings is 1. The molecule has 0 spiro atoms. The number of rotatable bonds is 7. The van der Waals surface area contributed by atoms with E-state index in [9.17, 15) is 9.59 Å². The number of nitrogens with zero attached hydrogens (tertiary/aromatic N) is 2. The number of anilines is 1. The van der Waals surface area contributed by atoms with Gasteiger partial charge in [-0.05, 0) is 48.1 Å². The van der Waals surface area contributed by atoms with Crippen molar-refractivity contribution in [2.45, 2.75) is 32.7 Å². The van der Waals surface area contributed by atoms with E-state index in [1.165, 1.54) is 16.3 Å². The fraction of sp³-hybridized carbons (Fsp3) is 0.250. The van der Waals surface area contributed by atoms with Gasteiger partial charge in [0, 0.05) is 11.8 Å². The lowest BCUT2D eigenvalue weighted by Crippen LogP contribution is -2.29. The van der Waals surface area contributed by atoms with Gasteiger partial charge in [-0.25, -0.2) is 4.68 Å². The minimum atomic E-state index is -0.296. The van der Waals surface area contributed by atoms with Crippen LogP contribution in [0.25, 0.3) is 10.6 Å². The smallest absolute Gasteiger partial charge is 0.267 e. The van der Waals surface area contributed by atoms with Gasteiger partial charge in [0.05, 0.1) is 4.88 Å². The molecule has 5 nitrogen and oxygen atoms in total. The molecule has 3 rings (SSSR count). The third kappa shape index (κ3) is 4.67. The Morgan fingerprint density at radius 2 is 1.96 bits per heavy atom. The molecular weight excluding hydrogens is 346 g/mol. The standard InChI is InChI=1S/C20H21N3O2S/c1-2-3-5-15-7-9-16(10-8-15)21-19(24)14-23-20(25)12-11-17(22-23)18-6-4-13-26-18/h4,6-13H,2-3,5,14H2,1H3,(H,21,24). The van der Waals surface area contributed by atoms with Crippen LogP contribution < -0.4 is 10.9 Å². The highest BCUT2D eigenvalue weighted by Crippen LogP contribution is 2.21. The van der Waals surface area contributed by atoms with Crippen molar-refractivity contribution in [3.63, 3.8) is 0 Å². The van der Waals surface area contributed by atoms with Gasteiger partial charge < -0.3 is 5.32 Å². The van der Waals surface area contributed by atoms with Crippen molar-refractivity contribution in [2.75, 3.05) is 5.32 Å². The lowest BCUT2D eigenvalue weighted by molar-refractivity contribution is -0.117. The second-order valence-corrected chi connectivity index (χ2v) is 6.99. The number of nitrogens with one attached hydrogen (secondary N) is 1. The molecule has 1 aromatic carbocycles. The quantitative estimate of drug-likeness (QED) is 0.688. The van der Waals surface area contributed by atoms with Gasteiger partial charge >= 0.3 is 0 Å². The van der Waals surface area contributed by atoms with Crippen molar-refractivity contribution in [2.24, 2.45) is 0 Å². The Kier molecular flexibility index (Phi) is 5.96. The average Bonchev–Trinajstić information content (AvgIpc) is 3.17.